The Labute approximate surface area is 130 Å². The zero-order chi connectivity index (χ0) is 15.5. The summed E-state index contributed by atoms with van der Waals surface area (Å²) >= 11 is 5.82. The number of anilines is 1. The van der Waals surface area contributed by atoms with Gasteiger partial charge in [0.25, 0.3) is 0 Å². The predicted molar refractivity (Wildman–Crippen MR) is 83.6 cm³/mol. The maximum Gasteiger partial charge on any atom is 0.409 e. The van der Waals surface area contributed by atoms with Gasteiger partial charge in [0.15, 0.2) is 0 Å². The van der Waals surface area contributed by atoms with Crippen molar-refractivity contribution in [2.45, 2.75) is 51.8 Å². The van der Waals surface area contributed by atoms with Crippen LogP contribution >= 0.6 is 11.6 Å². The second-order valence-electron chi connectivity index (χ2n) is 6.19. The van der Waals surface area contributed by atoms with Crippen LogP contribution in [0.4, 0.5) is 10.5 Å². The maximum absolute atomic E-state index is 12.0. The Balaban J connectivity index is 2.05. The van der Waals surface area contributed by atoms with Crippen LogP contribution in [0.3, 0.4) is 0 Å². The average molecular weight is 312 g/mol. The number of hydrogen-bond acceptors (Lipinski definition) is 4. The van der Waals surface area contributed by atoms with E-state index in [-0.39, 0.29) is 12.3 Å². The highest BCUT2D eigenvalue weighted by molar-refractivity contribution is 6.29. The molecule has 1 aliphatic heterocycles. The molecule has 1 fully saturated rings. The molecule has 0 aliphatic carbocycles. The third kappa shape index (κ3) is 4.77. The van der Waals surface area contributed by atoms with Crippen molar-refractivity contribution in [2.24, 2.45) is 0 Å². The summed E-state index contributed by atoms with van der Waals surface area (Å²) in [5.41, 5.74) is 0.464. The number of alkyl carbamates (subject to hydrolysis) is 1. The van der Waals surface area contributed by atoms with Crippen molar-refractivity contribution >= 4 is 23.4 Å². The Kier molecular flexibility index (Phi) is 4.93. The number of halogens is 1. The van der Waals surface area contributed by atoms with Gasteiger partial charge in [-0.15, -0.1) is 0 Å². The van der Waals surface area contributed by atoms with Crippen molar-refractivity contribution < 1.29 is 9.53 Å². The Bertz CT molecular complexity index is 485. The summed E-state index contributed by atoms with van der Waals surface area (Å²) in [6.07, 6.45) is 4.34. The minimum Gasteiger partial charge on any atom is -0.444 e. The SMILES string of the molecule is CC(C)(C)OC(=O)NC1CCCCN1c1ccc(Cl)nc1. The van der Waals surface area contributed by atoms with Crippen LogP contribution in [0.1, 0.15) is 40.0 Å². The first-order valence-electron chi connectivity index (χ1n) is 7.23. The van der Waals surface area contributed by atoms with Crippen LogP contribution in [0, 0.1) is 0 Å². The van der Waals surface area contributed by atoms with E-state index < -0.39 is 5.60 Å². The van der Waals surface area contributed by atoms with E-state index in [9.17, 15) is 4.79 Å². The van der Waals surface area contributed by atoms with Gasteiger partial charge in [-0.05, 0) is 52.2 Å². The van der Waals surface area contributed by atoms with Crippen molar-refractivity contribution in [3.05, 3.63) is 23.5 Å². The molecule has 1 atom stereocenters. The lowest BCUT2D eigenvalue weighted by atomic mass is 10.1. The van der Waals surface area contributed by atoms with Crippen molar-refractivity contribution in [1.82, 2.24) is 10.3 Å². The van der Waals surface area contributed by atoms with Crippen LogP contribution in [0.15, 0.2) is 18.3 Å². The summed E-state index contributed by atoms with van der Waals surface area (Å²) < 4.78 is 5.33. The van der Waals surface area contributed by atoms with Crippen LogP contribution < -0.4 is 10.2 Å². The number of aromatic nitrogens is 1. The van der Waals surface area contributed by atoms with E-state index in [4.69, 9.17) is 16.3 Å². The molecule has 1 aromatic rings. The first-order valence-corrected chi connectivity index (χ1v) is 7.61. The largest absolute Gasteiger partial charge is 0.444 e. The first-order chi connectivity index (χ1) is 9.85. The van der Waals surface area contributed by atoms with Crippen LogP contribution in [-0.4, -0.2) is 29.4 Å². The third-order valence-corrected chi connectivity index (χ3v) is 3.45. The monoisotopic (exact) mass is 311 g/mol. The van der Waals surface area contributed by atoms with Gasteiger partial charge in [-0.2, -0.15) is 0 Å². The summed E-state index contributed by atoms with van der Waals surface area (Å²) in [6.45, 7) is 6.45. The number of piperidine rings is 1. The van der Waals surface area contributed by atoms with Gasteiger partial charge >= 0.3 is 6.09 Å². The summed E-state index contributed by atoms with van der Waals surface area (Å²) in [5, 5.41) is 3.41. The average Bonchev–Trinajstić information content (AvgIpc) is 2.38. The van der Waals surface area contributed by atoms with Crippen LogP contribution in [-0.2, 0) is 4.74 Å². The van der Waals surface area contributed by atoms with Crippen LogP contribution in [0.2, 0.25) is 5.15 Å². The minimum absolute atomic E-state index is 0.0726. The Morgan fingerprint density at radius 1 is 1.43 bits per heavy atom. The number of amides is 1. The molecule has 0 bridgehead atoms. The molecule has 2 heterocycles. The summed E-state index contributed by atoms with van der Waals surface area (Å²) in [5.74, 6) is 0. The fraction of sp³-hybridized carbons (Fsp3) is 0.600. The molecular formula is C15H22ClN3O2. The Morgan fingerprint density at radius 3 is 2.81 bits per heavy atom. The van der Waals surface area contributed by atoms with Crippen molar-refractivity contribution in [3.8, 4) is 0 Å². The second-order valence-corrected chi connectivity index (χ2v) is 6.58. The highest BCUT2D eigenvalue weighted by atomic mass is 35.5. The maximum atomic E-state index is 12.0. The number of rotatable bonds is 2. The van der Waals surface area contributed by atoms with Crippen LogP contribution in [0.5, 0.6) is 0 Å². The van der Waals surface area contributed by atoms with Crippen molar-refractivity contribution in [2.75, 3.05) is 11.4 Å². The van der Waals surface area contributed by atoms with Gasteiger partial charge < -0.3 is 15.0 Å². The molecule has 1 unspecified atom stereocenters. The summed E-state index contributed by atoms with van der Waals surface area (Å²) in [6, 6.07) is 3.68. The van der Waals surface area contributed by atoms with Crippen LogP contribution in [0.25, 0.3) is 0 Å². The van der Waals surface area contributed by atoms with Gasteiger partial charge in [0.2, 0.25) is 0 Å². The molecule has 2 rings (SSSR count). The number of carbonyl (C=O) groups is 1. The normalized spacial score (nSPS) is 19.2. The number of carbonyl (C=O) groups excluding carboxylic acids is 1. The smallest absolute Gasteiger partial charge is 0.409 e. The van der Waals surface area contributed by atoms with E-state index in [1.54, 1.807) is 12.3 Å². The third-order valence-electron chi connectivity index (χ3n) is 3.23. The first kappa shape index (κ1) is 15.9. The van der Waals surface area contributed by atoms with E-state index in [0.29, 0.717) is 5.15 Å². The number of pyridine rings is 1. The van der Waals surface area contributed by atoms with Crippen molar-refractivity contribution in [1.29, 1.82) is 0 Å². The molecule has 116 valence electrons. The fourth-order valence-corrected chi connectivity index (χ4v) is 2.48. The number of hydrogen-bond donors (Lipinski definition) is 1. The molecule has 1 amide bonds. The molecule has 0 saturated carbocycles. The molecule has 0 aromatic carbocycles. The predicted octanol–water partition coefficient (Wildman–Crippen LogP) is 3.58. The molecule has 21 heavy (non-hydrogen) atoms. The van der Waals surface area contributed by atoms with Gasteiger partial charge in [-0.1, -0.05) is 11.6 Å². The molecule has 0 spiro atoms. The quantitative estimate of drug-likeness (QED) is 0.848. The molecule has 1 N–H and O–H groups in total. The molecule has 1 saturated heterocycles. The van der Waals surface area contributed by atoms with E-state index >= 15 is 0 Å². The zero-order valence-electron chi connectivity index (χ0n) is 12.7. The Morgan fingerprint density at radius 2 is 2.19 bits per heavy atom. The molecule has 5 nitrogen and oxygen atoms in total. The zero-order valence-corrected chi connectivity index (χ0v) is 13.5. The van der Waals surface area contributed by atoms with Gasteiger partial charge in [0.05, 0.1) is 11.9 Å². The lowest BCUT2D eigenvalue weighted by molar-refractivity contribution is 0.0496. The van der Waals surface area contributed by atoms with E-state index in [1.807, 2.05) is 26.8 Å². The molecular weight excluding hydrogens is 290 g/mol. The molecule has 1 aliphatic rings. The number of nitrogens with zero attached hydrogens (tertiary/aromatic N) is 2. The van der Waals surface area contributed by atoms with Gasteiger partial charge in [0.1, 0.15) is 16.9 Å². The van der Waals surface area contributed by atoms with Gasteiger partial charge in [-0.3, -0.25) is 0 Å². The molecule has 6 heteroatoms. The van der Waals surface area contributed by atoms with E-state index in [2.05, 4.69) is 15.2 Å². The van der Waals surface area contributed by atoms with Gasteiger partial charge in [0, 0.05) is 6.54 Å². The second kappa shape index (κ2) is 6.52. The van der Waals surface area contributed by atoms with E-state index in [0.717, 1.165) is 31.5 Å². The molecule has 1 aromatic heterocycles. The number of nitrogens with one attached hydrogen (secondary N) is 1. The fourth-order valence-electron chi connectivity index (χ4n) is 2.37. The molecule has 0 radical (unpaired) electrons. The minimum atomic E-state index is -0.495. The lowest BCUT2D eigenvalue weighted by Crippen LogP contribution is -2.52. The van der Waals surface area contributed by atoms with Crippen molar-refractivity contribution in [3.63, 3.8) is 0 Å². The van der Waals surface area contributed by atoms with E-state index in [1.165, 1.54) is 0 Å². The highest BCUT2D eigenvalue weighted by Crippen LogP contribution is 2.24. The summed E-state index contributed by atoms with van der Waals surface area (Å²) in [4.78, 5) is 18.2. The Hall–Kier alpha value is -1.49. The standard InChI is InChI=1S/C15H22ClN3O2/c1-15(2,3)21-14(20)18-13-6-4-5-9-19(13)11-7-8-12(16)17-10-11/h7-8,10,13H,4-6,9H2,1-3H3,(H,18,20). The highest BCUT2D eigenvalue weighted by Gasteiger charge is 2.26. The van der Waals surface area contributed by atoms with Gasteiger partial charge in [-0.25, -0.2) is 9.78 Å². The lowest BCUT2D eigenvalue weighted by Gasteiger charge is -2.37. The summed E-state index contributed by atoms with van der Waals surface area (Å²) in [7, 11) is 0. The topological polar surface area (TPSA) is 54.5 Å². The number of ether oxygens (including phenoxy) is 1.